The monoisotopic (exact) mass is 429 g/mol. The van der Waals surface area contributed by atoms with Gasteiger partial charge in [0.15, 0.2) is 0 Å². The average molecular weight is 430 g/mol. The first-order chi connectivity index (χ1) is 14.1. The molecule has 30 heavy (non-hydrogen) atoms. The van der Waals surface area contributed by atoms with E-state index in [0.717, 1.165) is 36.4 Å². The Morgan fingerprint density at radius 3 is 2.30 bits per heavy atom. The van der Waals surface area contributed by atoms with Crippen LogP contribution in [0.25, 0.3) is 11.0 Å². The van der Waals surface area contributed by atoms with Crippen molar-refractivity contribution in [3.8, 4) is 0 Å². The largest absolute Gasteiger partial charge is 0.336 e. The average Bonchev–Trinajstić information content (AvgIpc) is 3.04. The molecule has 4 rings (SSSR count). The minimum absolute atomic E-state index is 0. The smallest absolute Gasteiger partial charge is 0.329 e. The molecule has 7 nitrogen and oxygen atoms in total. The molecular weight excluding hydrogens is 402 g/mol. The van der Waals surface area contributed by atoms with E-state index in [9.17, 15) is 9.59 Å². The number of carbonyl (C=O) groups excluding carboxylic acids is 1. The maximum Gasteiger partial charge on any atom is 0.329 e. The predicted molar refractivity (Wildman–Crippen MR) is 120 cm³/mol. The van der Waals surface area contributed by atoms with Crippen molar-refractivity contribution in [2.24, 2.45) is 0 Å². The highest BCUT2D eigenvalue weighted by molar-refractivity contribution is 5.97. The summed E-state index contributed by atoms with van der Waals surface area (Å²) in [5, 5.41) is 0. The molecule has 0 aliphatic carbocycles. The van der Waals surface area contributed by atoms with E-state index in [-0.39, 0.29) is 24.0 Å². The van der Waals surface area contributed by atoms with Gasteiger partial charge in [-0.25, -0.2) is 4.79 Å². The van der Waals surface area contributed by atoms with Crippen LogP contribution in [-0.2, 0) is 19.6 Å². The van der Waals surface area contributed by atoms with Crippen LogP contribution in [0.5, 0.6) is 0 Å². The molecule has 1 saturated heterocycles. The number of nitrogens with zero attached hydrogens (tertiary/aromatic N) is 5. The topological polar surface area (TPSA) is 63.4 Å². The number of aromatic nitrogens is 3. The Morgan fingerprint density at radius 1 is 0.967 bits per heavy atom. The number of carbonyl (C=O) groups is 1. The third-order valence-corrected chi connectivity index (χ3v) is 5.67. The first-order valence-corrected chi connectivity index (χ1v) is 10.3. The zero-order valence-electron chi connectivity index (χ0n) is 17.5. The van der Waals surface area contributed by atoms with Crippen molar-refractivity contribution < 1.29 is 4.79 Å². The number of benzene rings is 1. The van der Waals surface area contributed by atoms with Gasteiger partial charge in [-0.15, -0.1) is 12.4 Å². The van der Waals surface area contributed by atoms with E-state index in [1.807, 2.05) is 61.3 Å². The lowest BCUT2D eigenvalue weighted by Crippen LogP contribution is -2.48. The van der Waals surface area contributed by atoms with Crippen molar-refractivity contribution >= 4 is 29.3 Å². The molecule has 1 amide bonds. The number of imidazole rings is 1. The molecule has 0 saturated carbocycles. The lowest BCUT2D eigenvalue weighted by atomic mass is 10.1. The van der Waals surface area contributed by atoms with Gasteiger partial charge in [0.1, 0.15) is 0 Å². The van der Waals surface area contributed by atoms with Crippen LogP contribution in [0.4, 0.5) is 0 Å². The third-order valence-electron chi connectivity index (χ3n) is 5.67. The summed E-state index contributed by atoms with van der Waals surface area (Å²) in [6.07, 6.45) is 1.81. The van der Waals surface area contributed by atoms with Crippen molar-refractivity contribution in [1.29, 1.82) is 0 Å². The number of rotatable bonds is 5. The third kappa shape index (κ3) is 4.13. The van der Waals surface area contributed by atoms with Crippen LogP contribution in [0.15, 0.2) is 47.4 Å². The Bertz CT molecular complexity index is 1070. The van der Waals surface area contributed by atoms with Crippen molar-refractivity contribution in [2.75, 3.05) is 26.2 Å². The lowest BCUT2D eigenvalue weighted by molar-refractivity contribution is 0.0627. The van der Waals surface area contributed by atoms with Gasteiger partial charge in [0.2, 0.25) is 0 Å². The Morgan fingerprint density at radius 2 is 1.67 bits per heavy atom. The van der Waals surface area contributed by atoms with Crippen molar-refractivity contribution in [3.63, 3.8) is 0 Å². The fraction of sp³-hybridized carbons (Fsp3) is 0.409. The Kier molecular flexibility index (Phi) is 6.95. The molecule has 3 aromatic rings. The van der Waals surface area contributed by atoms with E-state index in [1.54, 1.807) is 9.13 Å². The van der Waals surface area contributed by atoms with E-state index in [4.69, 9.17) is 0 Å². The second-order valence-electron chi connectivity index (χ2n) is 7.36. The van der Waals surface area contributed by atoms with Crippen LogP contribution in [-0.4, -0.2) is 56.0 Å². The van der Waals surface area contributed by atoms with Crippen molar-refractivity contribution in [1.82, 2.24) is 23.9 Å². The quantitative estimate of drug-likeness (QED) is 0.625. The highest BCUT2D eigenvalue weighted by Crippen LogP contribution is 2.18. The van der Waals surface area contributed by atoms with Gasteiger partial charge in [-0.05, 0) is 44.2 Å². The SMILES string of the molecule is CCn1c(=O)n(CC)c2cc(C(=O)N3CCN(Cc4ccccn4)CC3)ccc21.Cl. The molecule has 2 aromatic heterocycles. The molecular formula is C22H28ClN5O2. The fourth-order valence-electron chi connectivity index (χ4n) is 4.08. The molecule has 3 heterocycles. The highest BCUT2D eigenvalue weighted by Gasteiger charge is 2.23. The number of fused-ring (bicyclic) bond motifs is 1. The molecule has 0 bridgehead atoms. The van der Waals surface area contributed by atoms with Crippen LogP contribution in [0.1, 0.15) is 29.9 Å². The van der Waals surface area contributed by atoms with Gasteiger partial charge in [-0.3, -0.25) is 23.8 Å². The number of amides is 1. The molecule has 0 atom stereocenters. The summed E-state index contributed by atoms with van der Waals surface area (Å²) < 4.78 is 3.49. The summed E-state index contributed by atoms with van der Waals surface area (Å²) in [5.41, 5.74) is 3.40. The van der Waals surface area contributed by atoms with Gasteiger partial charge in [0.25, 0.3) is 5.91 Å². The maximum atomic E-state index is 13.1. The molecule has 1 aliphatic rings. The summed E-state index contributed by atoms with van der Waals surface area (Å²) >= 11 is 0. The van der Waals surface area contributed by atoms with Crippen LogP contribution in [0, 0.1) is 0 Å². The molecule has 1 fully saturated rings. The van der Waals surface area contributed by atoms with Gasteiger partial charge in [-0.2, -0.15) is 0 Å². The van der Waals surface area contributed by atoms with Crippen LogP contribution in [0.3, 0.4) is 0 Å². The number of hydrogen-bond donors (Lipinski definition) is 0. The zero-order valence-corrected chi connectivity index (χ0v) is 18.3. The minimum atomic E-state index is -0.0160. The van der Waals surface area contributed by atoms with Gasteiger partial charge >= 0.3 is 5.69 Å². The molecule has 0 unspecified atom stereocenters. The normalized spacial score (nSPS) is 14.7. The number of halogens is 1. The molecule has 1 aliphatic heterocycles. The number of pyridine rings is 1. The first kappa shape index (κ1) is 22.1. The standard InChI is InChI=1S/C22H27N5O2.ClH/c1-3-26-19-9-8-17(15-20(19)27(4-2)22(26)29)21(28)25-13-11-24(12-14-25)16-18-7-5-6-10-23-18;/h5-10,15H,3-4,11-14,16H2,1-2H3;1H. The van der Waals surface area contributed by atoms with Gasteiger partial charge in [0.05, 0.1) is 16.7 Å². The molecule has 1 aromatic carbocycles. The molecule has 0 radical (unpaired) electrons. The van der Waals surface area contributed by atoms with E-state index in [0.29, 0.717) is 31.7 Å². The van der Waals surface area contributed by atoms with Crippen LogP contribution >= 0.6 is 12.4 Å². The highest BCUT2D eigenvalue weighted by atomic mass is 35.5. The fourth-order valence-corrected chi connectivity index (χ4v) is 4.08. The predicted octanol–water partition coefficient (Wildman–Crippen LogP) is 2.62. The Labute approximate surface area is 182 Å². The lowest BCUT2D eigenvalue weighted by Gasteiger charge is -2.34. The molecule has 160 valence electrons. The second-order valence-corrected chi connectivity index (χ2v) is 7.36. The van der Waals surface area contributed by atoms with Crippen molar-refractivity contribution in [3.05, 3.63) is 64.3 Å². The second kappa shape index (κ2) is 9.45. The first-order valence-electron chi connectivity index (χ1n) is 10.3. The summed E-state index contributed by atoms with van der Waals surface area (Å²) in [4.78, 5) is 34.2. The van der Waals surface area contributed by atoms with Crippen molar-refractivity contribution in [2.45, 2.75) is 33.5 Å². The number of aryl methyl sites for hydroxylation is 2. The molecule has 0 N–H and O–H groups in total. The number of hydrogen-bond acceptors (Lipinski definition) is 4. The minimum Gasteiger partial charge on any atom is -0.336 e. The van der Waals surface area contributed by atoms with Crippen LogP contribution < -0.4 is 5.69 Å². The Hall–Kier alpha value is -2.64. The van der Waals surface area contributed by atoms with E-state index < -0.39 is 0 Å². The summed E-state index contributed by atoms with van der Waals surface area (Å²) in [6.45, 7) is 8.98. The van der Waals surface area contributed by atoms with Gasteiger partial charge in [-0.1, -0.05) is 6.07 Å². The zero-order chi connectivity index (χ0) is 20.4. The number of piperazine rings is 1. The van der Waals surface area contributed by atoms with E-state index in [2.05, 4.69) is 9.88 Å². The van der Waals surface area contributed by atoms with E-state index >= 15 is 0 Å². The van der Waals surface area contributed by atoms with Crippen LogP contribution in [0.2, 0.25) is 0 Å². The van der Waals surface area contributed by atoms with E-state index in [1.165, 1.54) is 0 Å². The summed E-state index contributed by atoms with van der Waals surface area (Å²) in [7, 11) is 0. The maximum absolute atomic E-state index is 13.1. The van der Waals surface area contributed by atoms with Gasteiger partial charge < -0.3 is 4.90 Å². The Balaban J connectivity index is 0.00000256. The van der Waals surface area contributed by atoms with Gasteiger partial charge in [0, 0.05) is 57.6 Å². The summed E-state index contributed by atoms with van der Waals surface area (Å²) in [6, 6.07) is 11.6. The molecule has 8 heteroatoms. The molecule has 0 spiro atoms. The summed E-state index contributed by atoms with van der Waals surface area (Å²) in [5.74, 6) is 0.0312.